The Morgan fingerprint density at radius 1 is 1.31 bits per heavy atom. The van der Waals surface area contributed by atoms with Gasteiger partial charge in [-0.2, -0.15) is 5.10 Å². The molecule has 2 aromatic heterocycles. The van der Waals surface area contributed by atoms with Crippen molar-refractivity contribution in [2.45, 2.75) is 32.7 Å². The first kappa shape index (κ1) is 16.6. The number of methoxy groups -OCH3 is 1. The third kappa shape index (κ3) is 2.62. The summed E-state index contributed by atoms with van der Waals surface area (Å²) in [4.78, 5) is 19.7. The number of benzene rings is 1. The molecule has 134 valence electrons. The second-order valence-electron chi connectivity index (χ2n) is 6.74. The van der Waals surface area contributed by atoms with Gasteiger partial charge in [0, 0.05) is 23.2 Å². The van der Waals surface area contributed by atoms with Crippen LogP contribution < -0.4 is 4.74 Å². The largest absolute Gasteiger partial charge is 0.481 e. The number of aryl methyl sites for hydroxylation is 2. The minimum atomic E-state index is -0.0587. The van der Waals surface area contributed by atoms with Crippen LogP contribution in [0, 0.1) is 13.8 Å². The molecule has 1 N–H and O–H groups in total. The lowest BCUT2D eigenvalue weighted by molar-refractivity contribution is 0.0728. The molecule has 3 aromatic rings. The molecular weight excluding hydrogens is 328 g/mol. The van der Waals surface area contributed by atoms with Gasteiger partial charge in [0.15, 0.2) is 0 Å². The summed E-state index contributed by atoms with van der Waals surface area (Å²) >= 11 is 0. The second-order valence-corrected chi connectivity index (χ2v) is 6.74. The standard InChI is InChI=1S/C20H22N4O2/c1-12-18(13(2)23-22-12)17-9-6-10-24(17)20(25)16-11-14-7-4-5-8-15(14)19(21-16)26-3/h4-5,7-8,11,17H,6,9-10H2,1-3H3,(H,22,23). The zero-order valence-corrected chi connectivity index (χ0v) is 15.2. The third-order valence-corrected chi connectivity index (χ3v) is 5.15. The first-order valence-corrected chi connectivity index (χ1v) is 8.86. The van der Waals surface area contributed by atoms with Crippen LogP contribution in [0.5, 0.6) is 5.88 Å². The summed E-state index contributed by atoms with van der Waals surface area (Å²) < 4.78 is 5.42. The van der Waals surface area contributed by atoms with Crippen LogP contribution in [0.3, 0.4) is 0 Å². The van der Waals surface area contributed by atoms with Crippen molar-refractivity contribution in [2.24, 2.45) is 0 Å². The SMILES string of the molecule is COc1nc(C(=O)N2CCCC2c2c(C)n[nH]c2C)cc2ccccc12. The van der Waals surface area contributed by atoms with Gasteiger partial charge in [0.05, 0.1) is 18.8 Å². The monoisotopic (exact) mass is 350 g/mol. The number of hydrogen-bond acceptors (Lipinski definition) is 4. The normalized spacial score (nSPS) is 17.0. The van der Waals surface area contributed by atoms with Crippen LogP contribution in [0.15, 0.2) is 30.3 Å². The Kier molecular flexibility index (Phi) is 4.11. The highest BCUT2D eigenvalue weighted by Gasteiger charge is 2.34. The average Bonchev–Trinajstić information content (AvgIpc) is 3.26. The summed E-state index contributed by atoms with van der Waals surface area (Å²) in [5, 5.41) is 9.19. The van der Waals surface area contributed by atoms with Gasteiger partial charge in [0.25, 0.3) is 5.91 Å². The first-order valence-electron chi connectivity index (χ1n) is 8.86. The fourth-order valence-electron chi connectivity index (χ4n) is 3.94. The predicted octanol–water partition coefficient (Wildman–Crippen LogP) is 3.56. The molecule has 3 heterocycles. The first-order chi connectivity index (χ1) is 12.6. The van der Waals surface area contributed by atoms with Crippen molar-refractivity contribution < 1.29 is 9.53 Å². The van der Waals surface area contributed by atoms with Crippen LogP contribution in [-0.4, -0.2) is 39.6 Å². The van der Waals surface area contributed by atoms with Crippen molar-refractivity contribution in [3.05, 3.63) is 53.0 Å². The third-order valence-electron chi connectivity index (χ3n) is 5.15. The van der Waals surface area contributed by atoms with E-state index in [-0.39, 0.29) is 11.9 Å². The molecule has 4 rings (SSSR count). The Balaban J connectivity index is 1.74. The molecule has 1 fully saturated rings. The molecule has 1 aromatic carbocycles. The van der Waals surface area contributed by atoms with E-state index in [4.69, 9.17) is 4.74 Å². The van der Waals surface area contributed by atoms with E-state index in [1.54, 1.807) is 7.11 Å². The smallest absolute Gasteiger partial charge is 0.273 e. The molecule has 6 heteroatoms. The molecule has 0 radical (unpaired) electrons. The molecule has 26 heavy (non-hydrogen) atoms. The number of H-pyrrole nitrogens is 1. The molecule has 0 aliphatic carbocycles. The van der Waals surface area contributed by atoms with Gasteiger partial charge in [-0.05, 0) is 44.2 Å². The number of fused-ring (bicyclic) bond motifs is 1. The van der Waals surface area contributed by atoms with Crippen molar-refractivity contribution in [3.8, 4) is 5.88 Å². The lowest BCUT2D eigenvalue weighted by Crippen LogP contribution is -2.31. The Labute approximate surface area is 152 Å². The van der Waals surface area contributed by atoms with Crippen molar-refractivity contribution in [3.63, 3.8) is 0 Å². The summed E-state index contributed by atoms with van der Waals surface area (Å²) in [5.74, 6) is 0.425. The zero-order valence-electron chi connectivity index (χ0n) is 15.2. The number of amides is 1. The van der Waals surface area contributed by atoms with Crippen molar-refractivity contribution in [1.29, 1.82) is 0 Å². The van der Waals surface area contributed by atoms with Crippen molar-refractivity contribution in [2.75, 3.05) is 13.7 Å². The quantitative estimate of drug-likeness (QED) is 0.784. The molecule has 1 aliphatic rings. The van der Waals surface area contributed by atoms with E-state index in [0.717, 1.165) is 47.1 Å². The van der Waals surface area contributed by atoms with Gasteiger partial charge in [0.2, 0.25) is 5.88 Å². The number of aromatic amines is 1. The highest BCUT2D eigenvalue weighted by atomic mass is 16.5. The van der Waals surface area contributed by atoms with E-state index in [0.29, 0.717) is 11.6 Å². The van der Waals surface area contributed by atoms with E-state index in [2.05, 4.69) is 15.2 Å². The van der Waals surface area contributed by atoms with Gasteiger partial charge in [-0.3, -0.25) is 9.89 Å². The number of ether oxygens (including phenoxy) is 1. The molecule has 1 unspecified atom stereocenters. The molecule has 0 bridgehead atoms. The van der Waals surface area contributed by atoms with Gasteiger partial charge in [-0.1, -0.05) is 18.2 Å². The Morgan fingerprint density at radius 3 is 2.85 bits per heavy atom. The summed E-state index contributed by atoms with van der Waals surface area (Å²) in [6, 6.07) is 9.71. The lowest BCUT2D eigenvalue weighted by Gasteiger charge is -2.25. The molecule has 0 spiro atoms. The Bertz CT molecular complexity index is 960. The number of carbonyl (C=O) groups excluding carboxylic acids is 1. The molecule has 1 saturated heterocycles. The van der Waals surface area contributed by atoms with Crippen LogP contribution in [0.1, 0.15) is 46.3 Å². The maximum absolute atomic E-state index is 13.3. The topological polar surface area (TPSA) is 71.1 Å². The molecule has 0 saturated carbocycles. The number of hydrogen-bond donors (Lipinski definition) is 1. The van der Waals surface area contributed by atoms with Gasteiger partial charge < -0.3 is 9.64 Å². The van der Waals surface area contributed by atoms with Crippen LogP contribution in [0.4, 0.5) is 0 Å². The highest BCUT2D eigenvalue weighted by molar-refractivity contribution is 5.98. The van der Waals surface area contributed by atoms with E-state index in [9.17, 15) is 4.79 Å². The highest BCUT2D eigenvalue weighted by Crippen LogP contribution is 2.36. The molecular formula is C20H22N4O2. The van der Waals surface area contributed by atoms with E-state index in [1.807, 2.05) is 49.1 Å². The van der Waals surface area contributed by atoms with Crippen LogP contribution in [-0.2, 0) is 0 Å². The fourth-order valence-corrected chi connectivity index (χ4v) is 3.94. The minimum absolute atomic E-state index is 0.0421. The summed E-state index contributed by atoms with van der Waals surface area (Å²) in [7, 11) is 1.58. The number of rotatable bonds is 3. The van der Waals surface area contributed by atoms with Gasteiger partial charge in [-0.25, -0.2) is 4.98 Å². The number of likely N-dealkylation sites (tertiary alicyclic amines) is 1. The fraction of sp³-hybridized carbons (Fsp3) is 0.350. The molecule has 6 nitrogen and oxygen atoms in total. The second kappa shape index (κ2) is 6.44. The maximum atomic E-state index is 13.3. The zero-order chi connectivity index (χ0) is 18.3. The van der Waals surface area contributed by atoms with Crippen LogP contribution in [0.2, 0.25) is 0 Å². The maximum Gasteiger partial charge on any atom is 0.273 e. The summed E-state index contributed by atoms with van der Waals surface area (Å²) in [6.45, 7) is 4.72. The number of nitrogens with one attached hydrogen (secondary N) is 1. The summed E-state index contributed by atoms with van der Waals surface area (Å²) in [6.07, 6.45) is 1.92. The minimum Gasteiger partial charge on any atom is -0.481 e. The lowest BCUT2D eigenvalue weighted by atomic mass is 10.0. The molecule has 1 amide bonds. The van der Waals surface area contributed by atoms with Crippen LogP contribution in [0.25, 0.3) is 10.8 Å². The van der Waals surface area contributed by atoms with Crippen molar-refractivity contribution >= 4 is 16.7 Å². The molecule has 1 aliphatic heterocycles. The van der Waals surface area contributed by atoms with Crippen molar-refractivity contribution in [1.82, 2.24) is 20.1 Å². The Hall–Kier alpha value is -2.89. The molecule has 1 atom stereocenters. The van der Waals surface area contributed by atoms with Gasteiger partial charge in [0.1, 0.15) is 5.69 Å². The number of carbonyl (C=O) groups is 1. The Morgan fingerprint density at radius 2 is 2.12 bits per heavy atom. The number of pyridine rings is 1. The van der Waals surface area contributed by atoms with E-state index in [1.165, 1.54) is 0 Å². The predicted molar refractivity (Wildman–Crippen MR) is 99.4 cm³/mol. The van der Waals surface area contributed by atoms with Crippen LogP contribution >= 0.6 is 0 Å². The van der Waals surface area contributed by atoms with Gasteiger partial charge in [-0.15, -0.1) is 0 Å². The number of aromatic nitrogens is 3. The average molecular weight is 350 g/mol. The van der Waals surface area contributed by atoms with E-state index >= 15 is 0 Å². The summed E-state index contributed by atoms with van der Waals surface area (Å²) in [5.41, 5.74) is 3.53. The van der Waals surface area contributed by atoms with E-state index < -0.39 is 0 Å². The number of nitrogens with zero attached hydrogens (tertiary/aromatic N) is 3. The van der Waals surface area contributed by atoms with Gasteiger partial charge >= 0.3 is 0 Å².